The summed E-state index contributed by atoms with van der Waals surface area (Å²) >= 11 is 0. The molecule has 0 spiro atoms. The minimum Gasteiger partial charge on any atom is -0.381 e. The first-order valence-electron chi connectivity index (χ1n) is 3.94. The van der Waals surface area contributed by atoms with Gasteiger partial charge in [0.15, 0.2) is 0 Å². The Kier molecular flexibility index (Phi) is 3.52. The van der Waals surface area contributed by atoms with E-state index in [1.54, 1.807) is 13.2 Å². The predicted molar refractivity (Wildman–Crippen MR) is 40.1 cm³/mol. The van der Waals surface area contributed by atoms with Gasteiger partial charge in [0, 0.05) is 13.2 Å². The summed E-state index contributed by atoms with van der Waals surface area (Å²) in [4.78, 5) is 10.1. The maximum Gasteiger partial charge on any atom is 0.229 e. The van der Waals surface area contributed by atoms with E-state index >= 15 is 0 Å². The lowest BCUT2D eigenvalue weighted by atomic mass is 10.1. The summed E-state index contributed by atoms with van der Waals surface area (Å²) in [6, 6.07) is 0. The topological polar surface area (TPSA) is 35.5 Å². The number of rotatable bonds is 3. The van der Waals surface area contributed by atoms with Crippen LogP contribution in [-0.2, 0) is 14.3 Å². The molecule has 1 radical (unpaired) electrons. The highest BCUT2D eigenvalue weighted by molar-refractivity contribution is 5.56. The molecule has 0 aromatic rings. The Morgan fingerprint density at radius 2 is 2.18 bits per heavy atom. The standard InChI is InChI=1S/C8H13O3/c1-7(6-9)11-8-2-4-10-5-3-8/h7-8H,2-5H2,1H3. The van der Waals surface area contributed by atoms with Gasteiger partial charge in [-0.1, -0.05) is 0 Å². The maximum atomic E-state index is 10.1. The van der Waals surface area contributed by atoms with Crippen LogP contribution in [0.2, 0.25) is 0 Å². The van der Waals surface area contributed by atoms with Crippen molar-refractivity contribution >= 4 is 6.29 Å². The first-order chi connectivity index (χ1) is 5.33. The van der Waals surface area contributed by atoms with E-state index in [2.05, 4.69) is 0 Å². The average Bonchev–Trinajstić information content (AvgIpc) is 2.06. The van der Waals surface area contributed by atoms with E-state index in [1.807, 2.05) is 0 Å². The van der Waals surface area contributed by atoms with Gasteiger partial charge in [0.1, 0.15) is 6.10 Å². The summed E-state index contributed by atoms with van der Waals surface area (Å²) < 4.78 is 10.5. The molecule has 1 aliphatic rings. The van der Waals surface area contributed by atoms with Crippen molar-refractivity contribution in [3.63, 3.8) is 0 Å². The van der Waals surface area contributed by atoms with Crippen molar-refractivity contribution in [2.45, 2.75) is 32.0 Å². The second kappa shape index (κ2) is 4.46. The zero-order valence-electron chi connectivity index (χ0n) is 6.71. The monoisotopic (exact) mass is 157 g/mol. The molecule has 11 heavy (non-hydrogen) atoms. The molecule has 1 unspecified atom stereocenters. The molecule has 63 valence electrons. The molecule has 0 saturated carbocycles. The summed E-state index contributed by atoms with van der Waals surface area (Å²) in [5, 5.41) is 0. The van der Waals surface area contributed by atoms with Crippen LogP contribution < -0.4 is 0 Å². The van der Waals surface area contributed by atoms with Gasteiger partial charge in [0.05, 0.1) is 6.10 Å². The van der Waals surface area contributed by atoms with Gasteiger partial charge < -0.3 is 9.47 Å². The van der Waals surface area contributed by atoms with Crippen LogP contribution in [0.3, 0.4) is 0 Å². The van der Waals surface area contributed by atoms with Gasteiger partial charge in [-0.2, -0.15) is 0 Å². The second-order valence-electron chi connectivity index (χ2n) is 2.71. The molecule has 1 fully saturated rings. The van der Waals surface area contributed by atoms with Gasteiger partial charge >= 0.3 is 0 Å². The van der Waals surface area contributed by atoms with Gasteiger partial charge in [0.2, 0.25) is 6.29 Å². The fourth-order valence-corrected chi connectivity index (χ4v) is 1.13. The summed E-state index contributed by atoms with van der Waals surface area (Å²) in [6.45, 7) is 3.20. The molecular weight excluding hydrogens is 144 g/mol. The van der Waals surface area contributed by atoms with E-state index < -0.39 is 6.10 Å². The predicted octanol–water partition coefficient (Wildman–Crippen LogP) is 0.680. The van der Waals surface area contributed by atoms with Crippen LogP contribution in [0.25, 0.3) is 0 Å². The third-order valence-electron chi connectivity index (χ3n) is 1.73. The van der Waals surface area contributed by atoms with Crippen molar-refractivity contribution in [2.24, 2.45) is 0 Å². The molecule has 3 nitrogen and oxygen atoms in total. The lowest BCUT2D eigenvalue weighted by Crippen LogP contribution is -2.27. The van der Waals surface area contributed by atoms with E-state index in [0.29, 0.717) is 0 Å². The largest absolute Gasteiger partial charge is 0.381 e. The highest BCUT2D eigenvalue weighted by Gasteiger charge is 2.16. The number of ether oxygens (including phenoxy) is 2. The highest BCUT2D eigenvalue weighted by atomic mass is 16.5. The van der Waals surface area contributed by atoms with E-state index in [9.17, 15) is 4.79 Å². The van der Waals surface area contributed by atoms with Crippen LogP contribution in [0.4, 0.5) is 0 Å². The Morgan fingerprint density at radius 1 is 1.55 bits per heavy atom. The summed E-state index contributed by atoms with van der Waals surface area (Å²) in [7, 11) is 0. The minimum absolute atomic E-state index is 0.195. The molecule has 0 aromatic carbocycles. The Balaban J connectivity index is 2.18. The van der Waals surface area contributed by atoms with Gasteiger partial charge in [-0.15, -0.1) is 0 Å². The SMILES string of the molecule is CC([C]=O)OC1CCOCC1. The lowest BCUT2D eigenvalue weighted by molar-refractivity contribution is -0.0432. The molecule has 0 amide bonds. The first-order valence-corrected chi connectivity index (χ1v) is 3.94. The van der Waals surface area contributed by atoms with Gasteiger partial charge in [-0.05, 0) is 19.8 Å². The lowest BCUT2D eigenvalue weighted by Gasteiger charge is -2.23. The number of hydrogen-bond donors (Lipinski definition) is 0. The molecule has 0 bridgehead atoms. The maximum absolute atomic E-state index is 10.1. The fraction of sp³-hybridized carbons (Fsp3) is 0.875. The van der Waals surface area contributed by atoms with E-state index in [1.165, 1.54) is 0 Å². The van der Waals surface area contributed by atoms with Crippen LogP contribution >= 0.6 is 0 Å². The van der Waals surface area contributed by atoms with Gasteiger partial charge in [0.25, 0.3) is 0 Å². The molecule has 1 rings (SSSR count). The zero-order valence-corrected chi connectivity index (χ0v) is 6.71. The van der Waals surface area contributed by atoms with Crippen molar-refractivity contribution < 1.29 is 14.3 Å². The summed E-state index contributed by atoms with van der Waals surface area (Å²) in [5.74, 6) is 0. The number of hydrogen-bond acceptors (Lipinski definition) is 3. The minimum atomic E-state index is -0.391. The van der Waals surface area contributed by atoms with E-state index in [-0.39, 0.29) is 6.10 Å². The molecule has 1 heterocycles. The fourth-order valence-electron chi connectivity index (χ4n) is 1.13. The summed E-state index contributed by atoms with van der Waals surface area (Å²) in [5.41, 5.74) is 0. The Morgan fingerprint density at radius 3 is 2.73 bits per heavy atom. The molecule has 3 heteroatoms. The molecule has 0 N–H and O–H groups in total. The molecule has 1 atom stereocenters. The van der Waals surface area contributed by atoms with Crippen LogP contribution in [0.1, 0.15) is 19.8 Å². The molecule has 0 aromatic heterocycles. The Labute approximate surface area is 66.7 Å². The Bertz CT molecular complexity index is 119. The molecule has 1 saturated heterocycles. The number of carbonyl (C=O) groups excluding carboxylic acids is 1. The normalized spacial score (nSPS) is 23.0. The smallest absolute Gasteiger partial charge is 0.229 e. The molecular formula is C8H13O3. The average molecular weight is 157 g/mol. The van der Waals surface area contributed by atoms with Crippen molar-refractivity contribution in [3.05, 3.63) is 0 Å². The van der Waals surface area contributed by atoms with Crippen molar-refractivity contribution in [2.75, 3.05) is 13.2 Å². The van der Waals surface area contributed by atoms with Crippen LogP contribution in [0, 0.1) is 0 Å². The molecule has 0 aliphatic carbocycles. The highest BCUT2D eigenvalue weighted by Crippen LogP contribution is 2.11. The quantitative estimate of drug-likeness (QED) is 0.604. The van der Waals surface area contributed by atoms with Crippen LogP contribution in [0.15, 0.2) is 0 Å². The second-order valence-corrected chi connectivity index (χ2v) is 2.71. The van der Waals surface area contributed by atoms with Gasteiger partial charge in [-0.3, -0.25) is 4.79 Å². The van der Waals surface area contributed by atoms with Crippen LogP contribution in [0.5, 0.6) is 0 Å². The van der Waals surface area contributed by atoms with Crippen LogP contribution in [-0.4, -0.2) is 31.7 Å². The third-order valence-corrected chi connectivity index (χ3v) is 1.73. The van der Waals surface area contributed by atoms with E-state index in [4.69, 9.17) is 9.47 Å². The third kappa shape index (κ3) is 2.99. The van der Waals surface area contributed by atoms with Gasteiger partial charge in [-0.25, -0.2) is 0 Å². The summed E-state index contributed by atoms with van der Waals surface area (Å²) in [6.07, 6.45) is 3.39. The van der Waals surface area contributed by atoms with Crippen molar-refractivity contribution in [1.82, 2.24) is 0 Å². The molecule has 1 aliphatic heterocycles. The van der Waals surface area contributed by atoms with Crippen molar-refractivity contribution in [1.29, 1.82) is 0 Å². The Hall–Kier alpha value is -0.410. The first kappa shape index (κ1) is 8.68. The van der Waals surface area contributed by atoms with E-state index in [0.717, 1.165) is 26.1 Å². The zero-order chi connectivity index (χ0) is 8.10. The van der Waals surface area contributed by atoms with Crippen molar-refractivity contribution in [3.8, 4) is 0 Å².